The van der Waals surface area contributed by atoms with Crippen molar-refractivity contribution < 1.29 is 22.7 Å². The Labute approximate surface area is 91.0 Å². The van der Waals surface area contributed by atoms with Gasteiger partial charge in [-0.1, -0.05) is 0 Å². The van der Waals surface area contributed by atoms with Crippen LogP contribution >= 0.6 is 0 Å². The molecular weight excluding hydrogens is 221 g/mol. The quantitative estimate of drug-likeness (QED) is 0.748. The Morgan fingerprint density at radius 2 is 2.00 bits per heavy atom. The van der Waals surface area contributed by atoms with E-state index in [9.17, 15) is 18.0 Å². The van der Waals surface area contributed by atoms with Gasteiger partial charge in [-0.3, -0.25) is 4.79 Å². The molecule has 0 unspecified atom stereocenters. The number of rotatable bonds is 3. The highest BCUT2D eigenvalue weighted by Crippen LogP contribution is 2.25. The van der Waals surface area contributed by atoms with Gasteiger partial charge in [0.15, 0.2) is 0 Å². The number of aryl methyl sites for hydroxylation is 1. The molecule has 0 aromatic heterocycles. The fourth-order valence-corrected chi connectivity index (χ4v) is 1.30. The van der Waals surface area contributed by atoms with E-state index in [0.29, 0.717) is 12.4 Å². The van der Waals surface area contributed by atoms with E-state index < -0.39 is 12.0 Å². The van der Waals surface area contributed by atoms with Crippen LogP contribution in [0, 0.1) is 6.92 Å². The maximum Gasteiger partial charge on any atom is 0.454 e. The van der Waals surface area contributed by atoms with Crippen LogP contribution in [0.4, 0.5) is 13.2 Å². The second-order valence-electron chi connectivity index (χ2n) is 3.24. The molecule has 0 fully saturated rings. The number of carbonyl (C=O) groups is 1. The minimum Gasteiger partial charge on any atom is -0.494 e. The number of ketones is 1. The summed E-state index contributed by atoms with van der Waals surface area (Å²) in [6.45, 7) is 3.64. The molecule has 16 heavy (non-hydrogen) atoms. The molecule has 0 N–H and O–H groups in total. The van der Waals surface area contributed by atoms with E-state index in [4.69, 9.17) is 4.74 Å². The van der Waals surface area contributed by atoms with E-state index in [2.05, 4.69) is 0 Å². The summed E-state index contributed by atoms with van der Waals surface area (Å²) >= 11 is 0. The Morgan fingerprint density at radius 1 is 1.38 bits per heavy atom. The molecule has 0 radical (unpaired) electrons. The second kappa shape index (κ2) is 4.55. The molecule has 0 aliphatic rings. The monoisotopic (exact) mass is 232 g/mol. The number of benzene rings is 1. The molecule has 0 spiro atoms. The first-order valence-corrected chi connectivity index (χ1v) is 4.71. The van der Waals surface area contributed by atoms with Crippen LogP contribution < -0.4 is 4.74 Å². The molecule has 0 heterocycles. The molecule has 0 saturated heterocycles. The van der Waals surface area contributed by atoms with Gasteiger partial charge < -0.3 is 4.74 Å². The molecule has 88 valence electrons. The SMILES string of the molecule is CCOc1ccc(C(=O)C(F)(F)F)c(C)c1. The van der Waals surface area contributed by atoms with E-state index >= 15 is 0 Å². The lowest BCUT2D eigenvalue weighted by Gasteiger charge is -2.10. The van der Waals surface area contributed by atoms with Crippen molar-refractivity contribution in [3.05, 3.63) is 29.3 Å². The number of carbonyl (C=O) groups excluding carboxylic acids is 1. The van der Waals surface area contributed by atoms with Crippen molar-refractivity contribution in [2.75, 3.05) is 6.61 Å². The molecule has 1 aromatic carbocycles. The van der Waals surface area contributed by atoms with Crippen LogP contribution in [0.2, 0.25) is 0 Å². The molecular formula is C11H11F3O2. The summed E-state index contributed by atoms with van der Waals surface area (Å²) in [5.41, 5.74) is -0.0794. The van der Waals surface area contributed by atoms with Crippen LogP contribution in [0.3, 0.4) is 0 Å². The molecule has 2 nitrogen and oxygen atoms in total. The Balaban J connectivity index is 3.04. The van der Waals surface area contributed by atoms with Gasteiger partial charge in [0.1, 0.15) is 5.75 Å². The van der Waals surface area contributed by atoms with Crippen LogP contribution in [0.1, 0.15) is 22.8 Å². The van der Waals surface area contributed by atoms with Crippen LogP contribution in [0.5, 0.6) is 5.75 Å². The van der Waals surface area contributed by atoms with Crippen LogP contribution in [-0.4, -0.2) is 18.6 Å². The van der Waals surface area contributed by atoms with Gasteiger partial charge in [0.05, 0.1) is 6.61 Å². The maximum absolute atomic E-state index is 12.2. The molecule has 0 atom stereocenters. The molecule has 0 amide bonds. The van der Waals surface area contributed by atoms with E-state index in [1.165, 1.54) is 19.1 Å². The highest BCUT2D eigenvalue weighted by atomic mass is 19.4. The minimum atomic E-state index is -4.84. The molecule has 5 heteroatoms. The Bertz CT molecular complexity index is 397. The predicted octanol–water partition coefficient (Wildman–Crippen LogP) is 3.14. The lowest BCUT2D eigenvalue weighted by molar-refractivity contribution is -0.0885. The Morgan fingerprint density at radius 3 is 2.44 bits per heavy atom. The summed E-state index contributed by atoms with van der Waals surface area (Å²) < 4.78 is 41.7. The zero-order chi connectivity index (χ0) is 12.3. The van der Waals surface area contributed by atoms with Crippen molar-refractivity contribution in [2.45, 2.75) is 20.0 Å². The average Bonchev–Trinajstić information content (AvgIpc) is 2.16. The topological polar surface area (TPSA) is 26.3 Å². The predicted molar refractivity (Wildman–Crippen MR) is 52.7 cm³/mol. The number of hydrogen-bond acceptors (Lipinski definition) is 2. The number of ether oxygens (including phenoxy) is 1. The highest BCUT2D eigenvalue weighted by molar-refractivity contribution is 6.01. The molecule has 0 saturated carbocycles. The number of halogens is 3. The second-order valence-corrected chi connectivity index (χ2v) is 3.24. The third-order valence-electron chi connectivity index (χ3n) is 2.01. The molecule has 1 aromatic rings. The first-order valence-electron chi connectivity index (χ1n) is 4.71. The van der Waals surface area contributed by atoms with E-state index in [0.717, 1.165) is 6.07 Å². The van der Waals surface area contributed by atoms with Gasteiger partial charge in [0.2, 0.25) is 0 Å². The van der Waals surface area contributed by atoms with Crippen molar-refractivity contribution >= 4 is 5.78 Å². The van der Waals surface area contributed by atoms with Crippen molar-refractivity contribution in [1.29, 1.82) is 0 Å². The fourth-order valence-electron chi connectivity index (χ4n) is 1.30. The van der Waals surface area contributed by atoms with Gasteiger partial charge in [0.25, 0.3) is 5.78 Å². The van der Waals surface area contributed by atoms with E-state index in [1.807, 2.05) is 0 Å². The first-order chi connectivity index (χ1) is 7.36. The molecule has 1 rings (SSSR count). The minimum absolute atomic E-state index is 0.258. The molecule has 0 aliphatic heterocycles. The van der Waals surface area contributed by atoms with Crippen molar-refractivity contribution in [2.24, 2.45) is 0 Å². The summed E-state index contributed by atoms with van der Waals surface area (Å²) in [6, 6.07) is 3.91. The van der Waals surface area contributed by atoms with Gasteiger partial charge >= 0.3 is 6.18 Å². The Kier molecular flexibility index (Phi) is 3.57. The smallest absolute Gasteiger partial charge is 0.454 e. The van der Waals surface area contributed by atoms with Crippen molar-refractivity contribution in [3.8, 4) is 5.75 Å². The largest absolute Gasteiger partial charge is 0.494 e. The molecule has 0 aliphatic carbocycles. The van der Waals surface area contributed by atoms with Crippen LogP contribution in [-0.2, 0) is 0 Å². The third kappa shape index (κ3) is 2.74. The lowest BCUT2D eigenvalue weighted by Crippen LogP contribution is -2.23. The van der Waals surface area contributed by atoms with Crippen molar-refractivity contribution in [3.63, 3.8) is 0 Å². The standard InChI is InChI=1S/C11H11F3O2/c1-3-16-8-4-5-9(7(2)6-8)10(15)11(12,13)14/h4-6H,3H2,1-2H3. The maximum atomic E-state index is 12.2. The fraction of sp³-hybridized carbons (Fsp3) is 0.364. The summed E-state index contributed by atoms with van der Waals surface area (Å²) in [4.78, 5) is 11.0. The summed E-state index contributed by atoms with van der Waals surface area (Å²) in [5, 5.41) is 0. The van der Waals surface area contributed by atoms with E-state index in [-0.39, 0.29) is 11.1 Å². The van der Waals surface area contributed by atoms with Crippen LogP contribution in [0.15, 0.2) is 18.2 Å². The third-order valence-corrected chi connectivity index (χ3v) is 2.01. The summed E-state index contributed by atoms with van der Waals surface area (Å²) in [5.74, 6) is -1.37. The summed E-state index contributed by atoms with van der Waals surface area (Å²) in [6.07, 6.45) is -4.84. The first kappa shape index (κ1) is 12.5. The van der Waals surface area contributed by atoms with Crippen molar-refractivity contribution in [1.82, 2.24) is 0 Å². The summed E-state index contributed by atoms with van der Waals surface area (Å²) in [7, 11) is 0. The number of alkyl halides is 3. The van der Waals surface area contributed by atoms with Gasteiger partial charge in [0, 0.05) is 5.56 Å². The lowest BCUT2D eigenvalue weighted by atomic mass is 10.0. The van der Waals surface area contributed by atoms with Crippen LogP contribution in [0.25, 0.3) is 0 Å². The molecule has 0 bridgehead atoms. The number of Topliss-reactive ketones (excluding diaryl/α,β-unsaturated/α-hetero) is 1. The average molecular weight is 232 g/mol. The normalized spacial score (nSPS) is 11.3. The highest BCUT2D eigenvalue weighted by Gasteiger charge is 2.39. The van der Waals surface area contributed by atoms with Gasteiger partial charge in [-0.15, -0.1) is 0 Å². The zero-order valence-corrected chi connectivity index (χ0v) is 8.89. The number of hydrogen-bond donors (Lipinski definition) is 0. The van der Waals surface area contributed by atoms with Gasteiger partial charge in [-0.2, -0.15) is 13.2 Å². The van der Waals surface area contributed by atoms with E-state index in [1.54, 1.807) is 6.92 Å². The Hall–Kier alpha value is -1.52. The van der Waals surface area contributed by atoms with Gasteiger partial charge in [-0.25, -0.2) is 0 Å². The van der Waals surface area contributed by atoms with Gasteiger partial charge in [-0.05, 0) is 37.6 Å². The zero-order valence-electron chi connectivity index (χ0n) is 8.89.